The van der Waals surface area contributed by atoms with E-state index in [0.717, 1.165) is 19.4 Å². The minimum absolute atomic E-state index is 0. The molecule has 0 fully saturated rings. The molecule has 0 atom stereocenters. The van der Waals surface area contributed by atoms with Crippen molar-refractivity contribution in [2.24, 2.45) is 5.92 Å². The number of allylic oxidation sites excluding steroid dienone is 1. The third kappa shape index (κ3) is 57.2. The summed E-state index contributed by atoms with van der Waals surface area (Å²) in [6.45, 7) is 22.8. The second kappa shape index (κ2) is 38.7. The normalized spacial score (nSPS) is 8.29. The van der Waals surface area contributed by atoms with Gasteiger partial charge in [0.2, 0.25) is 0 Å². The molecular weight excluding hydrogens is 397 g/mol. The number of rotatable bonds is 8. The van der Waals surface area contributed by atoms with Crippen molar-refractivity contribution in [2.75, 3.05) is 6.54 Å². The zero-order valence-electron chi connectivity index (χ0n) is 19.0. The van der Waals surface area contributed by atoms with E-state index >= 15 is 0 Å². The Labute approximate surface area is 173 Å². The van der Waals surface area contributed by atoms with E-state index in [2.05, 4.69) is 74.6 Å². The molecule has 0 aromatic carbocycles. The molecule has 4 radical (unpaired) electrons. The van der Waals surface area contributed by atoms with Crippen LogP contribution in [0.15, 0.2) is 11.8 Å². The third-order valence-electron chi connectivity index (χ3n) is 3.15. The van der Waals surface area contributed by atoms with Crippen LogP contribution in [0.1, 0.15) is 121 Å². The van der Waals surface area contributed by atoms with Crippen molar-refractivity contribution in [1.29, 1.82) is 0 Å². The van der Waals surface area contributed by atoms with Crippen LogP contribution in [-0.2, 0) is 0 Å². The fourth-order valence-corrected chi connectivity index (χ4v) is 0.825. The Morgan fingerprint density at radius 2 is 0.958 bits per heavy atom. The predicted octanol–water partition coefficient (Wildman–Crippen LogP) is 8.76. The first-order valence-electron chi connectivity index (χ1n) is 10.3. The molecule has 0 saturated carbocycles. The zero-order valence-corrected chi connectivity index (χ0v) is 21.8. The molecule has 0 unspecified atom stereocenters. The van der Waals surface area contributed by atoms with Crippen molar-refractivity contribution in [3.05, 3.63) is 17.1 Å². The second-order valence-electron chi connectivity index (χ2n) is 6.25. The van der Waals surface area contributed by atoms with E-state index in [1.807, 2.05) is 6.20 Å². The molecule has 0 aromatic heterocycles. The Hall–Kier alpha value is 0.339. The van der Waals surface area contributed by atoms with Gasteiger partial charge in [-0.2, -0.15) is 6.20 Å². The van der Waals surface area contributed by atoms with E-state index in [-0.39, 0.29) is 23.9 Å². The summed E-state index contributed by atoms with van der Waals surface area (Å²) >= 11 is 0. The number of unbranched alkanes of at least 4 members (excludes halogenated alkanes) is 3. The molecule has 0 spiro atoms. The van der Waals surface area contributed by atoms with E-state index in [4.69, 9.17) is 0 Å². The first kappa shape index (κ1) is 35.4. The van der Waals surface area contributed by atoms with Crippen molar-refractivity contribution >= 4 is 23.9 Å². The first-order valence-corrected chi connectivity index (χ1v) is 10.3. The van der Waals surface area contributed by atoms with Crippen LogP contribution in [0, 0.1) is 5.92 Å². The molecular formula is C22H50NSn-. The number of hydrogen-bond acceptors (Lipinski definition) is 0. The van der Waals surface area contributed by atoms with E-state index < -0.39 is 0 Å². The Bertz CT molecular complexity index is 167. The van der Waals surface area contributed by atoms with Crippen molar-refractivity contribution in [2.45, 2.75) is 121 Å². The maximum Gasteiger partial charge on any atom is 0 e. The standard InChI is InChI=1S/C10H20N.3C4H10.Sn/c1-5-10(6-2)8-11-7-9(3)4;3*1-3-4-2;/h8-9H,5-7H2,1-4H3;3*3-4H2,1-2H3;/q-1;;;;. The van der Waals surface area contributed by atoms with Crippen molar-refractivity contribution < 1.29 is 0 Å². The van der Waals surface area contributed by atoms with Gasteiger partial charge in [0.05, 0.1) is 0 Å². The molecule has 0 saturated heterocycles. The van der Waals surface area contributed by atoms with Gasteiger partial charge in [-0.1, -0.05) is 119 Å². The van der Waals surface area contributed by atoms with Crippen molar-refractivity contribution in [1.82, 2.24) is 0 Å². The Morgan fingerprint density at radius 3 is 1.12 bits per heavy atom. The molecule has 148 valence electrons. The van der Waals surface area contributed by atoms with Gasteiger partial charge in [-0.05, 0) is 12.8 Å². The molecule has 0 aliphatic carbocycles. The summed E-state index contributed by atoms with van der Waals surface area (Å²) in [6.07, 6.45) is 12.2. The quantitative estimate of drug-likeness (QED) is 0.330. The molecule has 0 aliphatic rings. The minimum Gasteiger partial charge on any atom is -0.690 e. The average Bonchev–Trinajstić information content (AvgIpc) is 2.59. The molecule has 0 aromatic rings. The van der Waals surface area contributed by atoms with Gasteiger partial charge < -0.3 is 5.32 Å². The van der Waals surface area contributed by atoms with Crippen LogP contribution < -0.4 is 0 Å². The van der Waals surface area contributed by atoms with Crippen LogP contribution in [0.2, 0.25) is 0 Å². The van der Waals surface area contributed by atoms with Gasteiger partial charge in [0.15, 0.2) is 0 Å². The zero-order chi connectivity index (χ0) is 18.9. The van der Waals surface area contributed by atoms with Crippen LogP contribution in [0.3, 0.4) is 0 Å². The Morgan fingerprint density at radius 1 is 0.667 bits per heavy atom. The van der Waals surface area contributed by atoms with Gasteiger partial charge in [0.25, 0.3) is 0 Å². The van der Waals surface area contributed by atoms with Gasteiger partial charge >= 0.3 is 0 Å². The number of nitrogens with zero attached hydrogens (tertiary/aromatic N) is 1. The van der Waals surface area contributed by atoms with Crippen LogP contribution >= 0.6 is 0 Å². The summed E-state index contributed by atoms with van der Waals surface area (Å²) in [5.41, 5.74) is 1.45. The molecule has 0 N–H and O–H groups in total. The summed E-state index contributed by atoms with van der Waals surface area (Å²) < 4.78 is 0. The first-order chi connectivity index (χ1) is 10.9. The largest absolute Gasteiger partial charge is 0.690 e. The Balaban J connectivity index is -0.0000000772. The van der Waals surface area contributed by atoms with E-state index in [1.165, 1.54) is 44.1 Å². The summed E-state index contributed by atoms with van der Waals surface area (Å²) in [5.74, 6) is 0.682. The topological polar surface area (TPSA) is 14.1 Å². The summed E-state index contributed by atoms with van der Waals surface area (Å²) in [7, 11) is 0. The molecule has 24 heavy (non-hydrogen) atoms. The van der Waals surface area contributed by atoms with E-state index in [9.17, 15) is 0 Å². The Kier molecular flexibility index (Phi) is 57.2. The van der Waals surface area contributed by atoms with E-state index in [0.29, 0.717) is 5.92 Å². The fraction of sp³-hybridized carbons (Fsp3) is 0.909. The number of hydrogen-bond donors (Lipinski definition) is 0. The molecule has 0 heterocycles. The van der Waals surface area contributed by atoms with Crippen LogP contribution in [-0.4, -0.2) is 30.5 Å². The van der Waals surface area contributed by atoms with Gasteiger partial charge in [0.1, 0.15) is 0 Å². The van der Waals surface area contributed by atoms with Crippen molar-refractivity contribution in [3.63, 3.8) is 0 Å². The minimum atomic E-state index is 0. The molecule has 2 heteroatoms. The molecule has 0 aliphatic heterocycles. The fourth-order valence-electron chi connectivity index (χ4n) is 0.825. The second-order valence-corrected chi connectivity index (χ2v) is 6.25. The van der Waals surface area contributed by atoms with Gasteiger partial charge in [0, 0.05) is 23.9 Å². The van der Waals surface area contributed by atoms with Crippen LogP contribution in [0.25, 0.3) is 5.32 Å². The summed E-state index contributed by atoms with van der Waals surface area (Å²) in [5, 5.41) is 4.35. The van der Waals surface area contributed by atoms with Gasteiger partial charge in [-0.3, -0.25) is 0 Å². The predicted molar refractivity (Wildman–Crippen MR) is 119 cm³/mol. The maximum atomic E-state index is 4.35. The third-order valence-corrected chi connectivity index (χ3v) is 3.15. The summed E-state index contributed by atoms with van der Waals surface area (Å²) in [6, 6.07) is 0. The maximum absolute atomic E-state index is 4.35. The molecule has 1 nitrogen and oxygen atoms in total. The molecule has 0 amide bonds. The SMILES string of the molecule is CCC(=C[N-]CC(C)C)CC.CCCC.CCCC.CCCC.[Sn]. The van der Waals surface area contributed by atoms with Crippen LogP contribution in [0.5, 0.6) is 0 Å². The monoisotopic (exact) mass is 448 g/mol. The van der Waals surface area contributed by atoms with Crippen molar-refractivity contribution in [3.8, 4) is 0 Å². The van der Waals surface area contributed by atoms with Gasteiger partial charge in [-0.15, -0.1) is 6.54 Å². The van der Waals surface area contributed by atoms with E-state index in [1.54, 1.807) is 0 Å². The average molecular weight is 447 g/mol. The molecule has 0 rings (SSSR count). The smallest absolute Gasteiger partial charge is 0 e. The van der Waals surface area contributed by atoms with Gasteiger partial charge in [-0.25, -0.2) is 0 Å². The molecule has 0 bridgehead atoms. The summed E-state index contributed by atoms with van der Waals surface area (Å²) in [4.78, 5) is 0. The van der Waals surface area contributed by atoms with Crippen LogP contribution in [0.4, 0.5) is 0 Å².